The van der Waals surface area contributed by atoms with Crippen LogP contribution in [-0.2, 0) is 0 Å². The van der Waals surface area contributed by atoms with Crippen LogP contribution in [0, 0.1) is 6.92 Å². The van der Waals surface area contributed by atoms with E-state index in [9.17, 15) is 0 Å². The van der Waals surface area contributed by atoms with Crippen LogP contribution in [0.1, 0.15) is 23.8 Å². The standard InChI is InChI=1S/C14H14N4OS/c1-9(14-15-7-8-20-14)16-12-6-4-3-5-11(12)13-17-10(2)18-19-13/h3-9,16H,1-2H3. The molecule has 2 aromatic heterocycles. The van der Waals surface area contributed by atoms with Crippen LogP contribution in [0.3, 0.4) is 0 Å². The molecule has 0 aliphatic heterocycles. The lowest BCUT2D eigenvalue weighted by Crippen LogP contribution is -2.07. The van der Waals surface area contributed by atoms with E-state index in [1.165, 1.54) is 0 Å². The van der Waals surface area contributed by atoms with Crippen molar-refractivity contribution >= 4 is 17.0 Å². The Labute approximate surface area is 120 Å². The highest BCUT2D eigenvalue weighted by Crippen LogP contribution is 2.29. The summed E-state index contributed by atoms with van der Waals surface area (Å²) in [5.41, 5.74) is 1.86. The van der Waals surface area contributed by atoms with Gasteiger partial charge in [-0.15, -0.1) is 11.3 Å². The second-order valence-electron chi connectivity index (χ2n) is 4.43. The smallest absolute Gasteiger partial charge is 0.260 e. The van der Waals surface area contributed by atoms with Crippen LogP contribution in [0.15, 0.2) is 40.4 Å². The van der Waals surface area contributed by atoms with Crippen molar-refractivity contribution in [1.29, 1.82) is 0 Å². The second-order valence-corrected chi connectivity index (χ2v) is 5.35. The molecule has 2 heterocycles. The van der Waals surface area contributed by atoms with Crippen molar-refractivity contribution in [1.82, 2.24) is 15.1 Å². The Morgan fingerprint density at radius 3 is 2.85 bits per heavy atom. The topological polar surface area (TPSA) is 63.8 Å². The van der Waals surface area contributed by atoms with Gasteiger partial charge in [0.25, 0.3) is 5.89 Å². The lowest BCUT2D eigenvalue weighted by molar-refractivity contribution is 0.425. The van der Waals surface area contributed by atoms with E-state index in [1.54, 1.807) is 18.3 Å². The Morgan fingerprint density at radius 1 is 1.30 bits per heavy atom. The van der Waals surface area contributed by atoms with Crippen molar-refractivity contribution < 1.29 is 4.52 Å². The van der Waals surface area contributed by atoms with Gasteiger partial charge < -0.3 is 9.84 Å². The fraction of sp³-hybridized carbons (Fsp3) is 0.214. The van der Waals surface area contributed by atoms with E-state index < -0.39 is 0 Å². The summed E-state index contributed by atoms with van der Waals surface area (Å²) in [5, 5.41) is 10.3. The van der Waals surface area contributed by atoms with Gasteiger partial charge in [0.2, 0.25) is 0 Å². The third-order valence-electron chi connectivity index (χ3n) is 2.88. The number of rotatable bonds is 4. The van der Waals surface area contributed by atoms with Crippen LogP contribution in [0.25, 0.3) is 11.5 Å². The molecule has 0 bridgehead atoms. The molecule has 1 N–H and O–H groups in total. The molecule has 0 spiro atoms. The van der Waals surface area contributed by atoms with E-state index in [0.29, 0.717) is 11.7 Å². The van der Waals surface area contributed by atoms with Crippen molar-refractivity contribution in [3.63, 3.8) is 0 Å². The third-order valence-corrected chi connectivity index (χ3v) is 3.84. The maximum Gasteiger partial charge on any atom is 0.260 e. The molecule has 20 heavy (non-hydrogen) atoms. The van der Waals surface area contributed by atoms with Gasteiger partial charge in [-0.05, 0) is 26.0 Å². The zero-order valence-corrected chi connectivity index (χ0v) is 12.0. The van der Waals surface area contributed by atoms with Crippen LogP contribution < -0.4 is 5.32 Å². The van der Waals surface area contributed by atoms with E-state index in [4.69, 9.17) is 4.52 Å². The van der Waals surface area contributed by atoms with Gasteiger partial charge in [0, 0.05) is 17.3 Å². The molecule has 1 unspecified atom stereocenters. The predicted molar refractivity (Wildman–Crippen MR) is 78.6 cm³/mol. The summed E-state index contributed by atoms with van der Waals surface area (Å²) in [6.07, 6.45) is 1.81. The minimum absolute atomic E-state index is 0.125. The van der Waals surface area contributed by atoms with E-state index in [2.05, 4.69) is 27.4 Å². The Balaban J connectivity index is 1.90. The molecule has 6 heteroatoms. The molecule has 0 amide bonds. The van der Waals surface area contributed by atoms with Gasteiger partial charge in [-0.1, -0.05) is 17.3 Å². The fourth-order valence-electron chi connectivity index (χ4n) is 1.95. The highest BCUT2D eigenvalue weighted by atomic mass is 32.1. The van der Waals surface area contributed by atoms with Crippen molar-refractivity contribution in [3.8, 4) is 11.5 Å². The first-order valence-electron chi connectivity index (χ1n) is 6.29. The number of nitrogens with one attached hydrogen (secondary N) is 1. The van der Waals surface area contributed by atoms with E-state index >= 15 is 0 Å². The molecule has 0 aliphatic rings. The zero-order chi connectivity index (χ0) is 13.9. The number of anilines is 1. The van der Waals surface area contributed by atoms with Gasteiger partial charge in [-0.25, -0.2) is 4.98 Å². The Kier molecular flexibility index (Phi) is 3.47. The fourth-order valence-corrected chi connectivity index (χ4v) is 2.59. The first kappa shape index (κ1) is 12.8. The first-order chi connectivity index (χ1) is 9.74. The monoisotopic (exact) mass is 286 g/mol. The summed E-state index contributed by atoms with van der Waals surface area (Å²) in [6, 6.07) is 8.01. The highest BCUT2D eigenvalue weighted by molar-refractivity contribution is 7.09. The summed E-state index contributed by atoms with van der Waals surface area (Å²) in [5.74, 6) is 1.15. The Hall–Kier alpha value is -2.21. The van der Waals surface area contributed by atoms with Crippen LogP contribution in [0.2, 0.25) is 0 Å². The lowest BCUT2D eigenvalue weighted by atomic mass is 10.1. The molecule has 0 aliphatic carbocycles. The Bertz CT molecular complexity index is 693. The molecule has 3 rings (SSSR count). The number of hydrogen-bond acceptors (Lipinski definition) is 6. The summed E-state index contributed by atoms with van der Waals surface area (Å²) in [6.45, 7) is 3.88. The Morgan fingerprint density at radius 2 is 2.15 bits per heavy atom. The number of aromatic nitrogens is 3. The molecule has 3 aromatic rings. The average Bonchev–Trinajstić information content (AvgIpc) is 3.10. The van der Waals surface area contributed by atoms with Gasteiger partial charge in [0.05, 0.1) is 11.6 Å². The van der Waals surface area contributed by atoms with Gasteiger partial charge in [-0.3, -0.25) is 0 Å². The number of benzene rings is 1. The van der Waals surface area contributed by atoms with Crippen molar-refractivity contribution in [2.45, 2.75) is 19.9 Å². The van der Waals surface area contributed by atoms with Crippen LogP contribution in [-0.4, -0.2) is 15.1 Å². The first-order valence-corrected chi connectivity index (χ1v) is 7.17. The van der Waals surface area contributed by atoms with Gasteiger partial charge in [0.1, 0.15) is 5.01 Å². The molecule has 102 valence electrons. The average molecular weight is 286 g/mol. The largest absolute Gasteiger partial charge is 0.375 e. The minimum atomic E-state index is 0.125. The van der Waals surface area contributed by atoms with Crippen molar-refractivity contribution in [2.24, 2.45) is 0 Å². The molecule has 0 saturated carbocycles. The molecular weight excluding hydrogens is 272 g/mol. The summed E-state index contributed by atoms with van der Waals surface area (Å²) in [7, 11) is 0. The van der Waals surface area contributed by atoms with Crippen LogP contribution in [0.4, 0.5) is 5.69 Å². The number of para-hydroxylation sites is 1. The molecule has 1 atom stereocenters. The molecular formula is C14H14N4OS. The van der Waals surface area contributed by atoms with Gasteiger partial charge in [-0.2, -0.15) is 4.98 Å². The molecule has 0 fully saturated rings. The van der Waals surface area contributed by atoms with E-state index in [0.717, 1.165) is 16.3 Å². The van der Waals surface area contributed by atoms with Crippen molar-refractivity contribution in [3.05, 3.63) is 46.7 Å². The van der Waals surface area contributed by atoms with E-state index in [1.807, 2.05) is 35.8 Å². The maximum absolute atomic E-state index is 5.25. The summed E-state index contributed by atoms with van der Waals surface area (Å²) < 4.78 is 5.25. The minimum Gasteiger partial charge on any atom is -0.375 e. The van der Waals surface area contributed by atoms with Gasteiger partial charge in [0.15, 0.2) is 5.82 Å². The van der Waals surface area contributed by atoms with Crippen molar-refractivity contribution in [2.75, 3.05) is 5.32 Å². The zero-order valence-electron chi connectivity index (χ0n) is 11.2. The molecule has 1 aromatic carbocycles. The predicted octanol–water partition coefficient (Wildman–Crippen LogP) is 3.67. The third kappa shape index (κ3) is 2.55. The molecule has 0 radical (unpaired) electrons. The van der Waals surface area contributed by atoms with Crippen LogP contribution in [0.5, 0.6) is 0 Å². The van der Waals surface area contributed by atoms with E-state index in [-0.39, 0.29) is 6.04 Å². The maximum atomic E-state index is 5.25. The lowest BCUT2D eigenvalue weighted by Gasteiger charge is -2.14. The summed E-state index contributed by atoms with van der Waals surface area (Å²) >= 11 is 1.63. The highest BCUT2D eigenvalue weighted by Gasteiger charge is 2.14. The normalized spacial score (nSPS) is 12.3. The quantitative estimate of drug-likeness (QED) is 0.792. The number of nitrogens with zero attached hydrogens (tertiary/aromatic N) is 3. The van der Waals surface area contributed by atoms with Gasteiger partial charge >= 0.3 is 0 Å². The SMILES string of the molecule is Cc1noc(-c2ccccc2NC(C)c2nccs2)n1. The number of aryl methyl sites for hydroxylation is 1. The summed E-state index contributed by atoms with van der Waals surface area (Å²) in [4.78, 5) is 8.60. The number of hydrogen-bond donors (Lipinski definition) is 1. The number of thiazole rings is 1. The van der Waals surface area contributed by atoms with Crippen LogP contribution >= 0.6 is 11.3 Å². The molecule has 0 saturated heterocycles. The second kappa shape index (κ2) is 5.42. The molecule has 5 nitrogen and oxygen atoms in total.